The molecule has 0 fully saturated rings. The van der Waals surface area contributed by atoms with E-state index in [-0.39, 0.29) is 11.6 Å². The fraction of sp³-hybridized carbons (Fsp3) is 0.259. The maximum absolute atomic E-state index is 13.5. The Morgan fingerprint density at radius 1 is 1.11 bits per heavy atom. The quantitative estimate of drug-likeness (QED) is 0.327. The molecule has 0 saturated heterocycles. The summed E-state index contributed by atoms with van der Waals surface area (Å²) in [5, 5.41) is 11.3. The minimum Gasteiger partial charge on any atom is -0.481 e. The van der Waals surface area contributed by atoms with Gasteiger partial charge in [-0.3, -0.25) is 9.36 Å². The van der Waals surface area contributed by atoms with E-state index >= 15 is 0 Å². The van der Waals surface area contributed by atoms with E-state index in [4.69, 9.17) is 16.3 Å². The van der Waals surface area contributed by atoms with Gasteiger partial charge in [-0.25, -0.2) is 14.6 Å². The van der Waals surface area contributed by atoms with E-state index in [1.165, 1.54) is 0 Å². The molecule has 0 spiro atoms. The number of fused-ring (bicyclic) bond motifs is 2. The second kappa shape index (κ2) is 8.64. The third-order valence-electron chi connectivity index (χ3n) is 6.80. The number of nitrogens with zero attached hydrogens (tertiary/aromatic N) is 5. The van der Waals surface area contributed by atoms with Crippen LogP contribution in [0.4, 0.5) is 5.69 Å². The van der Waals surface area contributed by atoms with Gasteiger partial charge in [0.1, 0.15) is 10.8 Å². The van der Waals surface area contributed by atoms with Gasteiger partial charge in [0.25, 0.3) is 5.56 Å². The average molecular weight is 501 g/mol. The number of halogens is 1. The summed E-state index contributed by atoms with van der Waals surface area (Å²) in [4.78, 5) is 22.4. The van der Waals surface area contributed by atoms with E-state index in [1.54, 1.807) is 25.4 Å². The van der Waals surface area contributed by atoms with Gasteiger partial charge in [-0.05, 0) is 55.7 Å². The summed E-state index contributed by atoms with van der Waals surface area (Å²) in [6.07, 6.45) is 4.51. The molecular weight excluding hydrogens is 476 g/mol. The van der Waals surface area contributed by atoms with Crippen LogP contribution in [-0.2, 0) is 13.1 Å². The number of hydrogen-bond acceptors (Lipinski definition) is 6. The third-order valence-corrected chi connectivity index (χ3v) is 7.01. The first kappa shape index (κ1) is 22.5. The van der Waals surface area contributed by atoms with E-state index in [0.717, 1.165) is 57.1 Å². The molecule has 1 atom stereocenters. The van der Waals surface area contributed by atoms with Gasteiger partial charge in [-0.2, -0.15) is 5.10 Å². The zero-order valence-electron chi connectivity index (χ0n) is 20.2. The van der Waals surface area contributed by atoms with Crippen molar-refractivity contribution in [1.82, 2.24) is 24.3 Å². The van der Waals surface area contributed by atoms with Crippen LogP contribution in [0.15, 0.2) is 53.6 Å². The summed E-state index contributed by atoms with van der Waals surface area (Å²) in [6, 6.07) is 11.4. The van der Waals surface area contributed by atoms with Crippen molar-refractivity contribution in [3.8, 4) is 17.1 Å². The van der Waals surface area contributed by atoms with Crippen LogP contribution in [0.5, 0.6) is 5.88 Å². The number of anilines is 1. The molecule has 0 bridgehead atoms. The Morgan fingerprint density at radius 2 is 1.97 bits per heavy atom. The van der Waals surface area contributed by atoms with Crippen molar-refractivity contribution in [2.75, 3.05) is 12.4 Å². The molecule has 0 saturated carbocycles. The fourth-order valence-electron chi connectivity index (χ4n) is 5.18. The number of hydrogen-bond donors (Lipinski definition) is 1. The van der Waals surface area contributed by atoms with Crippen molar-refractivity contribution in [2.24, 2.45) is 0 Å². The first-order chi connectivity index (χ1) is 17.4. The Labute approximate surface area is 212 Å². The number of nitrogens with one attached hydrogen (secondary N) is 1. The zero-order valence-corrected chi connectivity index (χ0v) is 21.0. The Hall–Kier alpha value is -3.91. The summed E-state index contributed by atoms with van der Waals surface area (Å²) in [5.74, 6) is 0.526. The van der Waals surface area contributed by atoms with Crippen LogP contribution < -0.4 is 15.6 Å². The number of aromatic nitrogens is 5. The van der Waals surface area contributed by atoms with Gasteiger partial charge in [0.2, 0.25) is 5.88 Å². The van der Waals surface area contributed by atoms with E-state index in [0.29, 0.717) is 23.3 Å². The Morgan fingerprint density at radius 3 is 2.75 bits per heavy atom. The molecule has 0 radical (unpaired) electrons. The number of methoxy groups -OCH3 is 1. The first-order valence-corrected chi connectivity index (χ1v) is 12.3. The average Bonchev–Trinajstić information content (AvgIpc) is 3.32. The molecule has 36 heavy (non-hydrogen) atoms. The van der Waals surface area contributed by atoms with E-state index in [9.17, 15) is 4.79 Å². The summed E-state index contributed by atoms with van der Waals surface area (Å²) in [5.41, 5.74) is 5.32. The van der Waals surface area contributed by atoms with Crippen molar-refractivity contribution in [3.63, 3.8) is 0 Å². The van der Waals surface area contributed by atoms with E-state index < -0.39 is 0 Å². The highest BCUT2D eigenvalue weighted by molar-refractivity contribution is 6.29. The highest BCUT2D eigenvalue weighted by atomic mass is 35.5. The lowest BCUT2D eigenvalue weighted by atomic mass is 9.95. The SMILES string of the molecule is COc1ccc(-c2nc(Cl)ccc2NC(C)c2cc(C)cc3c(=O)n4c5c(cnn5CCC4)c23)cn1. The second-order valence-electron chi connectivity index (χ2n) is 9.18. The molecule has 0 amide bonds. The fourth-order valence-corrected chi connectivity index (χ4v) is 5.33. The zero-order chi connectivity index (χ0) is 25.0. The summed E-state index contributed by atoms with van der Waals surface area (Å²) in [7, 11) is 1.58. The Kier molecular flexibility index (Phi) is 5.41. The highest BCUT2D eigenvalue weighted by Crippen LogP contribution is 2.35. The first-order valence-electron chi connectivity index (χ1n) is 11.9. The van der Waals surface area contributed by atoms with Gasteiger partial charge >= 0.3 is 0 Å². The topological polar surface area (TPSA) is 86.9 Å². The molecule has 0 aliphatic carbocycles. The standard InChI is InChI=1S/C27H25ClN6O2/c1-15-11-18(24-19(12-15)27(35)33-9-4-10-34-26(33)20(24)14-30-34)16(2)31-21-6-7-22(28)32-25(21)17-5-8-23(36-3)29-13-17/h5-8,11-14,16,31H,4,9-10H2,1-3H3. The summed E-state index contributed by atoms with van der Waals surface area (Å²) < 4.78 is 9.01. The molecule has 1 unspecified atom stereocenters. The molecule has 8 nitrogen and oxygen atoms in total. The van der Waals surface area contributed by atoms with Gasteiger partial charge in [0.15, 0.2) is 0 Å². The maximum Gasteiger partial charge on any atom is 0.260 e. The lowest BCUT2D eigenvalue weighted by molar-refractivity contribution is 0.398. The van der Waals surface area contributed by atoms with Crippen LogP contribution in [0, 0.1) is 6.92 Å². The molecule has 9 heteroatoms. The molecular formula is C27H25ClN6O2. The number of rotatable bonds is 5. The van der Waals surface area contributed by atoms with Crippen LogP contribution in [0.1, 0.15) is 30.5 Å². The monoisotopic (exact) mass is 500 g/mol. The number of pyridine rings is 3. The smallest absolute Gasteiger partial charge is 0.260 e. The molecule has 1 N–H and O–H groups in total. The van der Waals surface area contributed by atoms with Crippen molar-refractivity contribution in [3.05, 3.63) is 75.4 Å². The number of benzene rings is 1. The molecule has 5 heterocycles. The molecule has 6 rings (SSSR count). The lowest BCUT2D eigenvalue weighted by Gasteiger charge is -2.22. The Bertz CT molecular complexity index is 1690. The van der Waals surface area contributed by atoms with Gasteiger partial charge < -0.3 is 10.1 Å². The molecule has 1 aromatic carbocycles. The lowest BCUT2D eigenvalue weighted by Crippen LogP contribution is -2.27. The molecule has 1 aliphatic heterocycles. The summed E-state index contributed by atoms with van der Waals surface area (Å²) in [6.45, 7) is 5.65. The normalized spacial score (nSPS) is 13.8. The van der Waals surface area contributed by atoms with Crippen LogP contribution in [0.3, 0.4) is 0 Å². The highest BCUT2D eigenvalue weighted by Gasteiger charge is 2.23. The van der Waals surface area contributed by atoms with E-state index in [2.05, 4.69) is 33.4 Å². The van der Waals surface area contributed by atoms with Crippen molar-refractivity contribution >= 4 is 39.1 Å². The maximum atomic E-state index is 13.5. The molecule has 5 aromatic rings. The van der Waals surface area contributed by atoms with Gasteiger partial charge in [-0.15, -0.1) is 0 Å². The number of aryl methyl sites for hydroxylation is 3. The molecule has 4 aromatic heterocycles. The largest absolute Gasteiger partial charge is 0.481 e. The van der Waals surface area contributed by atoms with Gasteiger partial charge in [0.05, 0.1) is 24.7 Å². The minimum atomic E-state index is -0.134. The van der Waals surface area contributed by atoms with Crippen LogP contribution in [0.2, 0.25) is 5.15 Å². The van der Waals surface area contributed by atoms with Gasteiger partial charge in [0, 0.05) is 53.1 Å². The predicted molar refractivity (Wildman–Crippen MR) is 142 cm³/mol. The van der Waals surface area contributed by atoms with Crippen molar-refractivity contribution in [2.45, 2.75) is 39.4 Å². The van der Waals surface area contributed by atoms with Crippen LogP contribution >= 0.6 is 11.6 Å². The van der Waals surface area contributed by atoms with Crippen LogP contribution in [-0.4, -0.2) is 31.4 Å². The van der Waals surface area contributed by atoms with E-state index in [1.807, 2.05) is 40.6 Å². The van der Waals surface area contributed by atoms with Crippen molar-refractivity contribution < 1.29 is 4.74 Å². The minimum absolute atomic E-state index is 0.0363. The summed E-state index contributed by atoms with van der Waals surface area (Å²) >= 11 is 6.27. The van der Waals surface area contributed by atoms with Crippen LogP contribution in [0.25, 0.3) is 33.1 Å². The second-order valence-corrected chi connectivity index (χ2v) is 9.56. The van der Waals surface area contributed by atoms with Crippen molar-refractivity contribution in [1.29, 1.82) is 0 Å². The predicted octanol–water partition coefficient (Wildman–Crippen LogP) is 5.36. The third kappa shape index (κ3) is 3.60. The van der Waals surface area contributed by atoms with Gasteiger partial charge in [-0.1, -0.05) is 17.7 Å². The number of ether oxygens (including phenoxy) is 1. The molecule has 1 aliphatic rings. The Balaban J connectivity index is 1.49. The molecule has 182 valence electrons.